The van der Waals surface area contributed by atoms with Gasteiger partial charge in [-0.2, -0.15) is 0 Å². The number of hydrogen-bond donors (Lipinski definition) is 2. The number of aryl methyl sites for hydroxylation is 1. The van der Waals surface area contributed by atoms with Crippen LogP contribution in [-0.2, 0) is 4.79 Å². The van der Waals surface area contributed by atoms with E-state index in [2.05, 4.69) is 5.32 Å². The minimum Gasteiger partial charge on any atom is -0.389 e. The number of thiocarbonyl (C=S) groups is 1. The first-order valence-electron chi connectivity index (χ1n) is 7.74. The van der Waals surface area contributed by atoms with Crippen LogP contribution in [-0.4, -0.2) is 10.9 Å². The summed E-state index contributed by atoms with van der Waals surface area (Å²) in [6, 6.07) is 5.75. The maximum absolute atomic E-state index is 12.3. The van der Waals surface area contributed by atoms with Crippen LogP contribution in [0, 0.1) is 24.7 Å². The van der Waals surface area contributed by atoms with Gasteiger partial charge in [-0.3, -0.25) is 4.79 Å². The van der Waals surface area contributed by atoms with E-state index in [4.69, 9.17) is 18.0 Å². The van der Waals surface area contributed by atoms with Crippen molar-refractivity contribution in [3.8, 4) is 0 Å². The molecular formula is C17H22N2OS. The quantitative estimate of drug-likeness (QED) is 0.838. The molecule has 2 fully saturated rings. The lowest BCUT2D eigenvalue weighted by atomic mass is 9.86. The normalized spacial score (nSPS) is 26.8. The minimum atomic E-state index is 0.0932. The molecule has 112 valence electrons. The van der Waals surface area contributed by atoms with Crippen LogP contribution in [0.1, 0.15) is 43.2 Å². The lowest BCUT2D eigenvalue weighted by Gasteiger charge is -2.21. The smallest absolute Gasteiger partial charge is 0.224 e. The van der Waals surface area contributed by atoms with Gasteiger partial charge in [0.2, 0.25) is 5.91 Å². The van der Waals surface area contributed by atoms with Crippen molar-refractivity contribution in [2.75, 3.05) is 5.32 Å². The molecule has 0 aliphatic heterocycles. The fourth-order valence-corrected chi connectivity index (χ4v) is 4.44. The molecule has 3 rings (SSSR count). The number of benzene rings is 1. The number of rotatable bonds is 4. The Bertz CT molecular complexity index is 584. The van der Waals surface area contributed by atoms with Crippen molar-refractivity contribution < 1.29 is 4.79 Å². The van der Waals surface area contributed by atoms with E-state index >= 15 is 0 Å². The predicted octanol–water partition coefficient (Wildman–Crippen LogP) is 3.39. The Balaban J connectivity index is 1.68. The zero-order valence-corrected chi connectivity index (χ0v) is 13.2. The van der Waals surface area contributed by atoms with Gasteiger partial charge in [0.25, 0.3) is 0 Å². The third-order valence-corrected chi connectivity index (χ3v) is 5.33. The summed E-state index contributed by atoms with van der Waals surface area (Å²) in [5, 5.41) is 3.01. The maximum atomic E-state index is 12.3. The third-order valence-electron chi connectivity index (χ3n) is 5.13. The van der Waals surface area contributed by atoms with Gasteiger partial charge in [0, 0.05) is 12.0 Å². The molecule has 3 atom stereocenters. The second kappa shape index (κ2) is 5.76. The van der Waals surface area contributed by atoms with Crippen LogP contribution in [0.4, 0.5) is 5.69 Å². The number of nitrogens with one attached hydrogen (secondary N) is 1. The lowest BCUT2D eigenvalue weighted by molar-refractivity contribution is -0.117. The van der Waals surface area contributed by atoms with Crippen molar-refractivity contribution in [1.29, 1.82) is 0 Å². The van der Waals surface area contributed by atoms with Gasteiger partial charge in [-0.25, -0.2) is 0 Å². The summed E-state index contributed by atoms with van der Waals surface area (Å²) in [6.45, 7) is 1.96. The molecule has 1 aromatic carbocycles. The second-order valence-electron chi connectivity index (χ2n) is 6.55. The average Bonchev–Trinajstić information content (AvgIpc) is 3.00. The third kappa shape index (κ3) is 2.95. The SMILES string of the molecule is Cc1cccc(NC(=O)CC2CC3CCC2C3)c1C(N)=S. The highest BCUT2D eigenvalue weighted by molar-refractivity contribution is 7.80. The zero-order chi connectivity index (χ0) is 15.0. The predicted molar refractivity (Wildman–Crippen MR) is 89.3 cm³/mol. The Hall–Kier alpha value is -1.42. The standard InChI is InChI=1S/C17H22N2OS/c1-10-3-2-4-14(16(10)17(18)21)19-15(20)9-13-8-11-5-6-12(13)7-11/h2-4,11-13H,5-9H2,1H3,(H2,18,21)(H,19,20). The van der Waals surface area contributed by atoms with Crippen molar-refractivity contribution in [2.24, 2.45) is 23.5 Å². The maximum Gasteiger partial charge on any atom is 0.224 e. The molecule has 2 aliphatic rings. The molecule has 0 aromatic heterocycles. The summed E-state index contributed by atoms with van der Waals surface area (Å²) < 4.78 is 0. The molecule has 3 N–H and O–H groups in total. The van der Waals surface area contributed by atoms with Crippen molar-refractivity contribution in [2.45, 2.75) is 39.0 Å². The summed E-state index contributed by atoms with van der Waals surface area (Å²) in [4.78, 5) is 12.7. The number of anilines is 1. The van der Waals surface area contributed by atoms with Gasteiger partial charge in [0.15, 0.2) is 0 Å². The minimum absolute atomic E-state index is 0.0932. The molecule has 21 heavy (non-hydrogen) atoms. The van der Waals surface area contributed by atoms with Crippen LogP contribution >= 0.6 is 12.2 Å². The van der Waals surface area contributed by atoms with Gasteiger partial charge in [0.1, 0.15) is 4.99 Å². The first kappa shape index (κ1) is 14.5. The van der Waals surface area contributed by atoms with E-state index in [-0.39, 0.29) is 5.91 Å². The Morgan fingerprint density at radius 2 is 2.19 bits per heavy atom. The zero-order valence-electron chi connectivity index (χ0n) is 12.4. The number of fused-ring (bicyclic) bond motifs is 2. The summed E-state index contributed by atoms with van der Waals surface area (Å²) in [5.41, 5.74) is 8.32. The van der Waals surface area contributed by atoms with Crippen LogP contribution < -0.4 is 11.1 Å². The first-order chi connectivity index (χ1) is 10.0. The van der Waals surface area contributed by atoms with Gasteiger partial charge < -0.3 is 11.1 Å². The molecule has 2 bridgehead atoms. The molecule has 0 radical (unpaired) electrons. The summed E-state index contributed by atoms with van der Waals surface area (Å²) in [6.07, 6.45) is 5.87. The Labute approximate surface area is 131 Å². The molecular weight excluding hydrogens is 280 g/mol. The number of amides is 1. The molecule has 3 unspecified atom stereocenters. The number of nitrogens with two attached hydrogens (primary N) is 1. The van der Waals surface area contributed by atoms with E-state index in [1.165, 1.54) is 25.7 Å². The highest BCUT2D eigenvalue weighted by Gasteiger charge is 2.40. The molecule has 2 aliphatic carbocycles. The molecule has 1 amide bonds. The van der Waals surface area contributed by atoms with Crippen LogP contribution in [0.5, 0.6) is 0 Å². The molecule has 3 nitrogen and oxygen atoms in total. The van der Waals surface area contributed by atoms with E-state index in [9.17, 15) is 4.79 Å². The van der Waals surface area contributed by atoms with Gasteiger partial charge >= 0.3 is 0 Å². The van der Waals surface area contributed by atoms with Crippen molar-refractivity contribution in [1.82, 2.24) is 0 Å². The molecule has 0 heterocycles. The summed E-state index contributed by atoms with van der Waals surface area (Å²) >= 11 is 5.10. The first-order valence-corrected chi connectivity index (χ1v) is 8.14. The molecule has 1 aromatic rings. The lowest BCUT2D eigenvalue weighted by Crippen LogP contribution is -2.22. The van der Waals surface area contributed by atoms with E-state index in [1.54, 1.807) is 0 Å². The Morgan fingerprint density at radius 1 is 1.38 bits per heavy atom. The van der Waals surface area contributed by atoms with E-state index in [1.807, 2.05) is 25.1 Å². The van der Waals surface area contributed by atoms with Crippen LogP contribution in [0.15, 0.2) is 18.2 Å². The molecule has 2 saturated carbocycles. The molecule has 0 spiro atoms. The van der Waals surface area contributed by atoms with E-state index in [0.29, 0.717) is 17.3 Å². The summed E-state index contributed by atoms with van der Waals surface area (Å²) in [5.74, 6) is 2.31. The topological polar surface area (TPSA) is 55.1 Å². The van der Waals surface area contributed by atoms with Crippen LogP contribution in [0.25, 0.3) is 0 Å². The highest BCUT2D eigenvalue weighted by Crippen LogP contribution is 2.49. The number of hydrogen-bond acceptors (Lipinski definition) is 2. The molecule has 0 saturated heterocycles. The van der Waals surface area contributed by atoms with E-state index < -0.39 is 0 Å². The van der Waals surface area contributed by atoms with Gasteiger partial charge in [0.05, 0.1) is 5.69 Å². The van der Waals surface area contributed by atoms with Crippen molar-refractivity contribution in [3.63, 3.8) is 0 Å². The Morgan fingerprint density at radius 3 is 2.81 bits per heavy atom. The summed E-state index contributed by atoms with van der Waals surface area (Å²) in [7, 11) is 0. The fourth-order valence-electron chi connectivity index (χ4n) is 4.16. The van der Waals surface area contributed by atoms with Crippen molar-refractivity contribution in [3.05, 3.63) is 29.3 Å². The average molecular weight is 302 g/mol. The van der Waals surface area contributed by atoms with Crippen LogP contribution in [0.3, 0.4) is 0 Å². The highest BCUT2D eigenvalue weighted by atomic mass is 32.1. The largest absolute Gasteiger partial charge is 0.389 e. The fraction of sp³-hybridized carbons (Fsp3) is 0.529. The van der Waals surface area contributed by atoms with Gasteiger partial charge in [-0.15, -0.1) is 0 Å². The number of carbonyl (C=O) groups is 1. The van der Waals surface area contributed by atoms with Crippen LogP contribution in [0.2, 0.25) is 0 Å². The van der Waals surface area contributed by atoms with Crippen molar-refractivity contribution >= 4 is 28.8 Å². The number of carbonyl (C=O) groups excluding carboxylic acids is 1. The van der Waals surface area contributed by atoms with Gasteiger partial charge in [-0.05, 0) is 55.6 Å². The monoisotopic (exact) mass is 302 g/mol. The Kier molecular flexibility index (Phi) is 3.98. The van der Waals surface area contributed by atoms with Gasteiger partial charge in [-0.1, -0.05) is 30.8 Å². The second-order valence-corrected chi connectivity index (χ2v) is 6.99. The van der Waals surface area contributed by atoms with E-state index in [0.717, 1.165) is 28.7 Å². The molecule has 4 heteroatoms.